The van der Waals surface area contributed by atoms with E-state index < -0.39 is 0 Å². The Morgan fingerprint density at radius 3 is 2.59 bits per heavy atom. The molecule has 0 radical (unpaired) electrons. The molecule has 3 nitrogen and oxygen atoms in total. The molecule has 2 N–H and O–H groups in total. The van der Waals surface area contributed by atoms with E-state index in [0.717, 1.165) is 24.2 Å². The smallest absolute Gasteiger partial charge is 0.230 e. The van der Waals surface area contributed by atoms with Gasteiger partial charge >= 0.3 is 0 Å². The number of hydrogen-bond donors (Lipinski definition) is 2. The number of carbonyl (C=O) groups excluding carboxylic acids is 1. The molecule has 1 aliphatic rings. The SMILES string of the molecule is O=C(CSc1ccccc1)NC1(CO)CCC1. The Labute approximate surface area is 106 Å². The number of aliphatic hydroxyl groups is 1. The van der Waals surface area contributed by atoms with E-state index in [4.69, 9.17) is 0 Å². The standard InChI is InChI=1S/C13H17NO2S/c15-10-13(7-4-8-13)14-12(16)9-17-11-5-2-1-3-6-11/h1-3,5-6,15H,4,7-10H2,(H,14,16). The lowest BCUT2D eigenvalue weighted by Gasteiger charge is -2.40. The van der Waals surface area contributed by atoms with E-state index in [-0.39, 0.29) is 18.1 Å². The van der Waals surface area contributed by atoms with Gasteiger partial charge in [0.1, 0.15) is 0 Å². The van der Waals surface area contributed by atoms with Crippen molar-refractivity contribution in [1.29, 1.82) is 0 Å². The summed E-state index contributed by atoms with van der Waals surface area (Å²) < 4.78 is 0. The van der Waals surface area contributed by atoms with Crippen LogP contribution in [-0.2, 0) is 4.79 Å². The van der Waals surface area contributed by atoms with Crippen LogP contribution in [0.2, 0.25) is 0 Å². The predicted octanol–water partition coefficient (Wildman–Crippen LogP) is 1.81. The summed E-state index contributed by atoms with van der Waals surface area (Å²) in [5, 5.41) is 12.2. The summed E-state index contributed by atoms with van der Waals surface area (Å²) in [6.07, 6.45) is 2.88. The lowest BCUT2D eigenvalue weighted by Crippen LogP contribution is -2.56. The highest BCUT2D eigenvalue weighted by molar-refractivity contribution is 8.00. The van der Waals surface area contributed by atoms with Gasteiger partial charge in [0, 0.05) is 4.90 Å². The van der Waals surface area contributed by atoms with Crippen molar-refractivity contribution in [2.24, 2.45) is 0 Å². The van der Waals surface area contributed by atoms with Gasteiger partial charge in [-0.2, -0.15) is 0 Å². The zero-order valence-electron chi connectivity index (χ0n) is 9.69. The van der Waals surface area contributed by atoms with Crippen LogP contribution in [-0.4, -0.2) is 28.9 Å². The van der Waals surface area contributed by atoms with E-state index in [1.807, 2.05) is 30.3 Å². The van der Waals surface area contributed by atoms with Gasteiger partial charge in [0.25, 0.3) is 0 Å². The van der Waals surface area contributed by atoms with E-state index in [1.165, 1.54) is 11.8 Å². The van der Waals surface area contributed by atoms with Crippen molar-refractivity contribution >= 4 is 17.7 Å². The Balaban J connectivity index is 1.78. The van der Waals surface area contributed by atoms with Gasteiger partial charge in [-0.1, -0.05) is 18.2 Å². The maximum atomic E-state index is 11.7. The molecule has 0 atom stereocenters. The number of amides is 1. The topological polar surface area (TPSA) is 49.3 Å². The molecular weight excluding hydrogens is 234 g/mol. The van der Waals surface area contributed by atoms with Crippen LogP contribution in [0.25, 0.3) is 0 Å². The summed E-state index contributed by atoms with van der Waals surface area (Å²) in [6, 6.07) is 9.86. The Kier molecular flexibility index (Phi) is 4.07. The molecule has 1 fully saturated rings. The van der Waals surface area contributed by atoms with Crippen LogP contribution in [0.5, 0.6) is 0 Å². The fourth-order valence-corrected chi connectivity index (χ4v) is 2.64. The predicted molar refractivity (Wildman–Crippen MR) is 69.0 cm³/mol. The molecule has 17 heavy (non-hydrogen) atoms. The highest BCUT2D eigenvalue weighted by atomic mass is 32.2. The van der Waals surface area contributed by atoms with Crippen LogP contribution in [0.3, 0.4) is 0 Å². The highest BCUT2D eigenvalue weighted by Crippen LogP contribution is 2.31. The van der Waals surface area contributed by atoms with Crippen LogP contribution in [0.15, 0.2) is 35.2 Å². The van der Waals surface area contributed by atoms with Crippen molar-refractivity contribution < 1.29 is 9.90 Å². The third kappa shape index (κ3) is 3.23. The van der Waals surface area contributed by atoms with Crippen LogP contribution in [0, 0.1) is 0 Å². The van der Waals surface area contributed by atoms with Gasteiger partial charge in [0.2, 0.25) is 5.91 Å². The average molecular weight is 251 g/mol. The molecule has 0 aromatic heterocycles. The van der Waals surface area contributed by atoms with Gasteiger partial charge in [-0.25, -0.2) is 0 Å². The van der Waals surface area contributed by atoms with Crippen molar-refractivity contribution in [3.05, 3.63) is 30.3 Å². The minimum atomic E-state index is -0.325. The summed E-state index contributed by atoms with van der Waals surface area (Å²) in [5.41, 5.74) is -0.325. The van der Waals surface area contributed by atoms with Gasteiger partial charge in [0.05, 0.1) is 17.9 Å². The molecule has 1 saturated carbocycles. The molecule has 4 heteroatoms. The van der Waals surface area contributed by atoms with E-state index in [0.29, 0.717) is 5.75 Å². The van der Waals surface area contributed by atoms with Crippen molar-refractivity contribution in [2.45, 2.75) is 29.7 Å². The summed E-state index contributed by atoms with van der Waals surface area (Å²) in [4.78, 5) is 12.8. The molecule has 0 aliphatic heterocycles. The number of benzene rings is 1. The number of aliphatic hydroxyl groups excluding tert-OH is 1. The lowest BCUT2D eigenvalue weighted by molar-refractivity contribution is -0.122. The molecule has 92 valence electrons. The largest absolute Gasteiger partial charge is 0.394 e. The maximum Gasteiger partial charge on any atom is 0.230 e. The van der Waals surface area contributed by atoms with Crippen molar-refractivity contribution in [3.8, 4) is 0 Å². The summed E-state index contributed by atoms with van der Waals surface area (Å²) in [7, 11) is 0. The van der Waals surface area contributed by atoms with Crippen molar-refractivity contribution in [2.75, 3.05) is 12.4 Å². The lowest BCUT2D eigenvalue weighted by atomic mass is 9.77. The third-order valence-electron chi connectivity index (χ3n) is 3.13. The quantitative estimate of drug-likeness (QED) is 0.785. The van der Waals surface area contributed by atoms with Crippen molar-refractivity contribution in [3.63, 3.8) is 0 Å². The third-order valence-corrected chi connectivity index (χ3v) is 4.14. The molecule has 0 saturated heterocycles. The van der Waals surface area contributed by atoms with E-state index >= 15 is 0 Å². The zero-order valence-corrected chi connectivity index (χ0v) is 10.5. The number of rotatable bonds is 5. The Morgan fingerprint density at radius 2 is 2.06 bits per heavy atom. The Bertz CT molecular complexity index is 371. The first kappa shape index (κ1) is 12.5. The highest BCUT2D eigenvalue weighted by Gasteiger charge is 2.37. The fourth-order valence-electron chi connectivity index (χ4n) is 1.92. The van der Waals surface area contributed by atoms with Crippen molar-refractivity contribution in [1.82, 2.24) is 5.32 Å². The minimum absolute atomic E-state index is 0.00704. The monoisotopic (exact) mass is 251 g/mol. The summed E-state index contributed by atoms with van der Waals surface area (Å²) in [6.45, 7) is 0.0503. The first-order chi connectivity index (χ1) is 8.24. The van der Waals surface area contributed by atoms with Gasteiger partial charge in [-0.05, 0) is 31.4 Å². The van der Waals surface area contributed by atoms with E-state index in [1.54, 1.807) is 0 Å². The molecule has 1 aliphatic carbocycles. The average Bonchev–Trinajstić information content (AvgIpc) is 2.33. The molecule has 1 amide bonds. The normalized spacial score (nSPS) is 17.2. The number of thioether (sulfide) groups is 1. The molecule has 0 bridgehead atoms. The molecule has 0 spiro atoms. The first-order valence-corrected chi connectivity index (χ1v) is 6.82. The van der Waals surface area contributed by atoms with Gasteiger partial charge in [0.15, 0.2) is 0 Å². The van der Waals surface area contributed by atoms with Gasteiger partial charge in [-0.3, -0.25) is 4.79 Å². The van der Waals surface area contributed by atoms with Crippen LogP contribution >= 0.6 is 11.8 Å². The molecule has 0 unspecified atom stereocenters. The van der Waals surface area contributed by atoms with Crippen LogP contribution in [0.1, 0.15) is 19.3 Å². The Hall–Kier alpha value is -1.00. The first-order valence-electron chi connectivity index (χ1n) is 5.84. The second kappa shape index (κ2) is 5.56. The summed E-state index contributed by atoms with van der Waals surface area (Å²) in [5.74, 6) is 0.416. The van der Waals surface area contributed by atoms with Gasteiger partial charge < -0.3 is 10.4 Å². The number of hydrogen-bond acceptors (Lipinski definition) is 3. The molecule has 1 aromatic rings. The fraction of sp³-hybridized carbons (Fsp3) is 0.462. The molecule has 2 rings (SSSR count). The second-order valence-corrected chi connectivity index (χ2v) is 5.49. The Morgan fingerprint density at radius 1 is 1.35 bits per heavy atom. The number of carbonyl (C=O) groups is 1. The van der Waals surface area contributed by atoms with E-state index in [9.17, 15) is 9.90 Å². The molecule has 0 heterocycles. The number of nitrogens with one attached hydrogen (secondary N) is 1. The maximum absolute atomic E-state index is 11.7. The summed E-state index contributed by atoms with van der Waals surface area (Å²) >= 11 is 1.52. The van der Waals surface area contributed by atoms with Crippen LogP contribution in [0.4, 0.5) is 0 Å². The molecular formula is C13H17NO2S. The zero-order chi connectivity index (χ0) is 12.1. The minimum Gasteiger partial charge on any atom is -0.394 e. The van der Waals surface area contributed by atoms with Crippen LogP contribution < -0.4 is 5.32 Å². The second-order valence-electron chi connectivity index (χ2n) is 4.44. The molecule has 1 aromatic carbocycles. The van der Waals surface area contributed by atoms with E-state index in [2.05, 4.69) is 5.32 Å². The van der Waals surface area contributed by atoms with Gasteiger partial charge in [-0.15, -0.1) is 11.8 Å².